The molecule has 0 aliphatic heterocycles. The van der Waals surface area contributed by atoms with Gasteiger partial charge in [0.15, 0.2) is 6.20 Å². The summed E-state index contributed by atoms with van der Waals surface area (Å²) in [4.78, 5) is 0. The largest absolute Gasteiger partial charge is 0.213 e. The van der Waals surface area contributed by atoms with Crippen LogP contribution in [0.1, 0.15) is 89.0 Å². The maximum Gasteiger partial charge on any atom is 0.213 e. The number of hydrogen-bond acceptors (Lipinski definition) is 0. The van der Waals surface area contributed by atoms with Crippen molar-refractivity contribution in [3.8, 4) is 22.4 Å². The molecular formula is C36H40N+. The molecule has 1 aromatic heterocycles. The average molecular weight is 489 g/mol. The molecule has 3 saturated carbocycles. The maximum atomic E-state index is 9.58. The monoisotopic (exact) mass is 488 g/mol. The highest BCUT2D eigenvalue weighted by atomic mass is 14.9. The predicted octanol–water partition coefficient (Wildman–Crippen LogP) is 9.26. The first-order chi connectivity index (χ1) is 18.8. The number of aromatic nitrogens is 1. The van der Waals surface area contributed by atoms with Gasteiger partial charge < -0.3 is 0 Å². The van der Waals surface area contributed by atoms with Crippen LogP contribution in [0.25, 0.3) is 33.2 Å². The Kier molecular flexibility index (Phi) is 5.36. The van der Waals surface area contributed by atoms with Gasteiger partial charge >= 0.3 is 0 Å². The van der Waals surface area contributed by atoms with Crippen molar-refractivity contribution in [1.29, 1.82) is 0 Å². The Morgan fingerprint density at radius 1 is 0.784 bits per heavy atom. The summed E-state index contributed by atoms with van der Waals surface area (Å²) in [6, 6.07) is 24.6. The number of aryl methyl sites for hydroxylation is 2. The van der Waals surface area contributed by atoms with E-state index in [4.69, 9.17) is 0 Å². The van der Waals surface area contributed by atoms with Gasteiger partial charge in [0.1, 0.15) is 7.05 Å². The molecule has 37 heavy (non-hydrogen) atoms. The van der Waals surface area contributed by atoms with Crippen LogP contribution >= 0.6 is 0 Å². The highest BCUT2D eigenvalue weighted by Crippen LogP contribution is 2.53. The Balaban J connectivity index is 1.35. The smallest absolute Gasteiger partial charge is 0.201 e. The second-order valence-electron chi connectivity index (χ2n) is 12.0. The van der Waals surface area contributed by atoms with Gasteiger partial charge in [-0.2, -0.15) is 0 Å². The fourth-order valence-corrected chi connectivity index (χ4v) is 7.57. The Labute approximate surface area is 225 Å². The molecule has 188 valence electrons. The minimum atomic E-state index is -0.548. The van der Waals surface area contributed by atoms with Gasteiger partial charge in [-0.3, -0.25) is 0 Å². The lowest BCUT2D eigenvalue weighted by Crippen LogP contribution is -2.32. The molecule has 0 spiro atoms. The van der Waals surface area contributed by atoms with Crippen LogP contribution in [0, 0.1) is 18.8 Å². The van der Waals surface area contributed by atoms with Crippen molar-refractivity contribution in [3.63, 3.8) is 0 Å². The lowest BCUT2D eigenvalue weighted by molar-refractivity contribution is -0.660. The number of nitrogens with zero attached hydrogens (tertiary/aromatic N) is 1. The molecule has 3 aliphatic rings. The van der Waals surface area contributed by atoms with Gasteiger partial charge in [-0.25, -0.2) is 4.57 Å². The quantitative estimate of drug-likeness (QED) is 0.252. The molecule has 7 rings (SSSR count). The topological polar surface area (TPSA) is 3.88 Å². The second kappa shape index (κ2) is 9.43. The molecule has 1 nitrogen and oxygen atoms in total. The normalized spacial score (nSPS) is 27.3. The molecule has 3 aromatic carbocycles. The Hall–Kier alpha value is -2.93. The van der Waals surface area contributed by atoms with Gasteiger partial charge in [0, 0.05) is 19.9 Å². The van der Waals surface area contributed by atoms with Crippen LogP contribution < -0.4 is 4.57 Å². The molecule has 0 radical (unpaired) electrons. The highest BCUT2D eigenvalue weighted by Gasteiger charge is 2.40. The van der Waals surface area contributed by atoms with E-state index < -0.39 is 11.8 Å². The van der Waals surface area contributed by atoms with Crippen LogP contribution in [-0.2, 0) is 7.05 Å². The lowest BCUT2D eigenvalue weighted by atomic mass is 9.80. The van der Waals surface area contributed by atoms with Gasteiger partial charge in [0.05, 0.1) is 0 Å². The first kappa shape index (κ1) is 21.1. The van der Waals surface area contributed by atoms with E-state index >= 15 is 0 Å². The SMILES string of the molecule is [2H]C1(c2c[n+](C)c(-c3ccccc3C)cc2-c2ccc3cc(C4([2H])CC5CCC4C5)ccc3c2)CCCCC1. The Morgan fingerprint density at radius 3 is 2.38 bits per heavy atom. The lowest BCUT2D eigenvalue weighted by Gasteiger charge is -2.24. The average Bonchev–Trinajstić information content (AvgIpc) is 3.55. The fraction of sp³-hybridized carbons (Fsp3) is 0.417. The third-order valence-electron chi connectivity index (χ3n) is 9.60. The van der Waals surface area contributed by atoms with E-state index in [1.54, 1.807) is 0 Å². The van der Waals surface area contributed by atoms with Crippen molar-refractivity contribution in [3.05, 3.63) is 89.6 Å². The Morgan fingerprint density at radius 2 is 1.59 bits per heavy atom. The molecule has 2 bridgehead atoms. The van der Waals surface area contributed by atoms with Crippen molar-refractivity contribution in [1.82, 2.24) is 0 Å². The summed E-state index contributed by atoms with van der Waals surface area (Å²) >= 11 is 0. The van der Waals surface area contributed by atoms with Gasteiger partial charge in [-0.1, -0.05) is 74.2 Å². The van der Waals surface area contributed by atoms with Crippen molar-refractivity contribution in [2.75, 3.05) is 0 Å². The highest BCUT2D eigenvalue weighted by molar-refractivity contribution is 5.89. The molecule has 0 N–H and O–H groups in total. The minimum Gasteiger partial charge on any atom is -0.201 e. The van der Waals surface area contributed by atoms with E-state index in [1.807, 2.05) is 0 Å². The summed E-state index contributed by atoms with van der Waals surface area (Å²) in [5.74, 6) is 0.324. The molecule has 0 amide bonds. The van der Waals surface area contributed by atoms with Crippen LogP contribution in [0.3, 0.4) is 0 Å². The van der Waals surface area contributed by atoms with Crippen LogP contribution in [0.15, 0.2) is 72.9 Å². The summed E-state index contributed by atoms with van der Waals surface area (Å²) < 4.78 is 21.2. The van der Waals surface area contributed by atoms with Crippen molar-refractivity contribution < 1.29 is 7.31 Å². The summed E-state index contributed by atoms with van der Waals surface area (Å²) in [6.45, 7) is 2.18. The zero-order valence-corrected chi connectivity index (χ0v) is 22.4. The van der Waals surface area contributed by atoms with Crippen LogP contribution in [0.4, 0.5) is 0 Å². The predicted molar refractivity (Wildman–Crippen MR) is 155 cm³/mol. The standard InChI is InChI=1S/C36H40N/c1-24-8-6-7-11-32(24)36-22-34(35(23-37(36)2)26-9-4-3-5-10-26)31-17-15-27-20-30(16-14-28(27)21-31)33-19-25-12-13-29(33)18-25/h6-8,11,14-17,20-23,25-26,29,33H,3-5,9-10,12-13,18-19H2,1-2H3/q+1/i26D,33D. The molecular weight excluding hydrogens is 446 g/mol. The van der Waals surface area contributed by atoms with Gasteiger partial charge in [0.2, 0.25) is 5.69 Å². The number of fused-ring (bicyclic) bond motifs is 3. The number of rotatable bonds is 4. The van der Waals surface area contributed by atoms with Crippen LogP contribution in [-0.4, -0.2) is 0 Å². The van der Waals surface area contributed by atoms with E-state index in [0.717, 1.165) is 43.6 Å². The molecule has 1 heteroatoms. The van der Waals surface area contributed by atoms with E-state index in [2.05, 4.69) is 91.5 Å². The number of benzene rings is 3. The van der Waals surface area contributed by atoms with Gasteiger partial charge in [0.25, 0.3) is 0 Å². The number of hydrogen-bond donors (Lipinski definition) is 0. The van der Waals surface area contributed by atoms with E-state index in [-0.39, 0.29) is 0 Å². The summed E-state index contributed by atoms with van der Waals surface area (Å²) in [6.07, 6.45) is 12.4. The Bertz CT molecular complexity index is 1570. The number of pyridine rings is 1. The first-order valence-electron chi connectivity index (χ1n) is 15.5. The molecule has 3 atom stereocenters. The summed E-state index contributed by atoms with van der Waals surface area (Å²) in [7, 11) is 2.13. The molecule has 3 fully saturated rings. The van der Waals surface area contributed by atoms with Crippen molar-refractivity contribution in [2.24, 2.45) is 18.9 Å². The van der Waals surface area contributed by atoms with E-state index in [0.29, 0.717) is 5.92 Å². The van der Waals surface area contributed by atoms with Crippen molar-refractivity contribution in [2.45, 2.75) is 76.5 Å². The third kappa shape index (κ3) is 4.21. The molecule has 0 saturated heterocycles. The summed E-state index contributed by atoms with van der Waals surface area (Å²) in [5.41, 5.74) is 8.45. The maximum absolute atomic E-state index is 9.58. The summed E-state index contributed by atoms with van der Waals surface area (Å²) in [5, 5.41) is 2.45. The molecule has 4 aromatic rings. The minimum absolute atomic E-state index is 0.405. The first-order valence-corrected chi connectivity index (χ1v) is 14.5. The van der Waals surface area contributed by atoms with Crippen LogP contribution in [0.2, 0.25) is 0 Å². The molecule has 3 unspecified atom stereocenters. The van der Waals surface area contributed by atoms with E-state index in [1.165, 1.54) is 70.0 Å². The zero-order valence-electron chi connectivity index (χ0n) is 24.4. The van der Waals surface area contributed by atoms with Gasteiger partial charge in [-0.05, 0) is 108 Å². The molecule has 1 heterocycles. The second-order valence-corrected chi connectivity index (χ2v) is 12.0. The van der Waals surface area contributed by atoms with E-state index in [9.17, 15) is 2.74 Å². The van der Waals surface area contributed by atoms with Gasteiger partial charge in [-0.15, -0.1) is 0 Å². The fourth-order valence-electron chi connectivity index (χ4n) is 7.57. The third-order valence-corrected chi connectivity index (χ3v) is 9.60. The van der Waals surface area contributed by atoms with Crippen LogP contribution in [0.5, 0.6) is 0 Å². The zero-order chi connectivity index (χ0) is 26.8. The van der Waals surface area contributed by atoms with Crippen molar-refractivity contribution >= 4 is 10.8 Å². The molecule has 3 aliphatic carbocycles.